The topological polar surface area (TPSA) is 41.5 Å². The molecule has 23 heavy (non-hydrogen) atoms. The summed E-state index contributed by atoms with van der Waals surface area (Å²) in [5.41, 5.74) is 1.90. The lowest BCUT2D eigenvalue weighted by molar-refractivity contribution is 0.311. The van der Waals surface area contributed by atoms with E-state index in [1.807, 2.05) is 36.5 Å². The lowest BCUT2D eigenvalue weighted by Crippen LogP contribution is -2.45. The molecule has 1 aromatic heterocycles. The highest BCUT2D eigenvalue weighted by molar-refractivity contribution is 8.93. The van der Waals surface area contributed by atoms with Crippen LogP contribution in [0.5, 0.6) is 5.75 Å². The van der Waals surface area contributed by atoms with Crippen molar-refractivity contribution in [2.75, 3.05) is 45.2 Å². The van der Waals surface area contributed by atoms with Crippen molar-refractivity contribution in [3.05, 3.63) is 36.5 Å². The van der Waals surface area contributed by atoms with E-state index in [9.17, 15) is 0 Å². The van der Waals surface area contributed by atoms with Crippen molar-refractivity contribution in [3.63, 3.8) is 0 Å². The molecule has 3 rings (SSSR count). The van der Waals surface area contributed by atoms with E-state index in [2.05, 4.69) is 21.8 Å². The molecule has 1 aliphatic heterocycles. The smallest absolute Gasteiger partial charge is 0.225 e. The van der Waals surface area contributed by atoms with Gasteiger partial charge in [-0.3, -0.25) is 0 Å². The summed E-state index contributed by atoms with van der Waals surface area (Å²) in [7, 11) is 3.82. The van der Waals surface area contributed by atoms with E-state index in [1.165, 1.54) is 0 Å². The minimum atomic E-state index is 0. The van der Waals surface area contributed by atoms with Crippen molar-refractivity contribution in [2.45, 2.75) is 0 Å². The van der Waals surface area contributed by atoms with Crippen molar-refractivity contribution in [1.82, 2.24) is 14.9 Å². The largest absolute Gasteiger partial charge is 0.496 e. The van der Waals surface area contributed by atoms with Crippen LogP contribution in [-0.2, 0) is 0 Å². The van der Waals surface area contributed by atoms with Crippen LogP contribution in [0.1, 0.15) is 0 Å². The summed E-state index contributed by atoms with van der Waals surface area (Å²) in [4.78, 5) is 13.7. The molecule has 0 atom stereocenters. The molecule has 7 heteroatoms. The number of hydrogen-bond donors (Lipinski definition) is 0. The van der Waals surface area contributed by atoms with Crippen LogP contribution in [0, 0.1) is 0 Å². The molecule has 2 heterocycles. The van der Waals surface area contributed by atoms with Crippen LogP contribution in [0.3, 0.4) is 0 Å². The first-order chi connectivity index (χ1) is 10.3. The van der Waals surface area contributed by atoms with Gasteiger partial charge in [0.15, 0.2) is 0 Å². The van der Waals surface area contributed by atoms with E-state index in [-0.39, 0.29) is 34.0 Å². The molecule has 1 fully saturated rings. The van der Waals surface area contributed by atoms with E-state index >= 15 is 0 Å². The molecular weight excluding hydrogens is 424 g/mol. The van der Waals surface area contributed by atoms with E-state index in [0.29, 0.717) is 0 Å². The second-order valence-corrected chi connectivity index (χ2v) is 5.23. The summed E-state index contributed by atoms with van der Waals surface area (Å²) in [6.07, 6.45) is 1.82. The van der Waals surface area contributed by atoms with Crippen LogP contribution in [0.15, 0.2) is 36.5 Å². The Hall–Kier alpha value is -1.18. The third-order valence-electron chi connectivity index (χ3n) is 3.81. The van der Waals surface area contributed by atoms with Crippen molar-refractivity contribution in [1.29, 1.82) is 0 Å². The number of anilines is 1. The molecule has 0 saturated carbocycles. The number of hydrogen-bond acceptors (Lipinski definition) is 5. The zero-order valence-electron chi connectivity index (χ0n) is 13.3. The Kier molecular flexibility index (Phi) is 7.94. The van der Waals surface area contributed by atoms with Gasteiger partial charge in [-0.15, -0.1) is 34.0 Å². The molecule has 126 valence electrons. The van der Waals surface area contributed by atoms with Crippen LogP contribution in [0.2, 0.25) is 0 Å². The Bertz CT molecular complexity index is 619. The first-order valence-corrected chi connectivity index (χ1v) is 7.18. The van der Waals surface area contributed by atoms with Gasteiger partial charge in [-0.2, -0.15) is 0 Å². The van der Waals surface area contributed by atoms with Crippen molar-refractivity contribution >= 4 is 39.9 Å². The number of nitrogens with zero attached hydrogens (tertiary/aromatic N) is 4. The average Bonchev–Trinajstić information content (AvgIpc) is 2.55. The molecule has 0 N–H and O–H groups in total. The number of methoxy groups -OCH3 is 1. The molecule has 0 bridgehead atoms. The normalized spacial score (nSPS) is 14.6. The molecule has 2 aromatic rings. The number of piperazine rings is 1. The maximum absolute atomic E-state index is 5.42. The van der Waals surface area contributed by atoms with Gasteiger partial charge in [-0.05, 0) is 25.2 Å². The van der Waals surface area contributed by atoms with Gasteiger partial charge in [0.2, 0.25) is 5.95 Å². The van der Waals surface area contributed by atoms with E-state index in [1.54, 1.807) is 7.11 Å². The van der Waals surface area contributed by atoms with E-state index < -0.39 is 0 Å². The Morgan fingerprint density at radius 1 is 1.00 bits per heavy atom. The van der Waals surface area contributed by atoms with Crippen molar-refractivity contribution in [2.24, 2.45) is 0 Å². The van der Waals surface area contributed by atoms with Crippen molar-refractivity contribution < 1.29 is 4.74 Å². The third-order valence-corrected chi connectivity index (χ3v) is 3.81. The van der Waals surface area contributed by atoms with Gasteiger partial charge in [0.1, 0.15) is 5.75 Å². The first-order valence-electron chi connectivity index (χ1n) is 7.18. The molecule has 0 unspecified atom stereocenters. The lowest BCUT2D eigenvalue weighted by Gasteiger charge is -2.32. The highest BCUT2D eigenvalue weighted by Gasteiger charge is 2.17. The number of likely N-dealkylation sites (N-methyl/N-ethyl adjacent to an activating group) is 1. The van der Waals surface area contributed by atoms with Gasteiger partial charge in [-0.1, -0.05) is 12.1 Å². The Morgan fingerprint density at radius 3 is 2.39 bits per heavy atom. The summed E-state index contributed by atoms with van der Waals surface area (Å²) >= 11 is 0. The maximum Gasteiger partial charge on any atom is 0.225 e. The predicted molar refractivity (Wildman–Crippen MR) is 104 cm³/mol. The summed E-state index contributed by atoms with van der Waals surface area (Å²) in [5.74, 6) is 1.63. The van der Waals surface area contributed by atoms with Crippen molar-refractivity contribution in [3.8, 4) is 17.0 Å². The second-order valence-electron chi connectivity index (χ2n) is 5.23. The highest BCUT2D eigenvalue weighted by atomic mass is 79.9. The standard InChI is InChI=1S/C16H20N4O.2BrH/c1-19-9-11-20(12-10-19)16-17-8-7-14(18-16)13-5-3-4-6-15(13)21-2;;/h3-8H,9-12H2,1-2H3;2*1H. The van der Waals surface area contributed by atoms with Gasteiger partial charge >= 0.3 is 0 Å². The number of para-hydroxylation sites is 1. The zero-order valence-corrected chi connectivity index (χ0v) is 16.7. The average molecular weight is 446 g/mol. The molecule has 1 aliphatic rings. The van der Waals surface area contributed by atoms with E-state index in [0.717, 1.165) is 49.1 Å². The van der Waals surface area contributed by atoms with Crippen LogP contribution < -0.4 is 9.64 Å². The van der Waals surface area contributed by atoms with Gasteiger partial charge in [0.25, 0.3) is 0 Å². The highest BCUT2D eigenvalue weighted by Crippen LogP contribution is 2.28. The second kappa shape index (κ2) is 9.20. The monoisotopic (exact) mass is 444 g/mol. The maximum atomic E-state index is 5.42. The Balaban J connectivity index is 0.00000132. The molecule has 0 radical (unpaired) electrons. The summed E-state index contributed by atoms with van der Waals surface area (Å²) in [6.45, 7) is 4.02. The lowest BCUT2D eigenvalue weighted by atomic mass is 10.1. The molecule has 0 aliphatic carbocycles. The molecule has 0 amide bonds. The summed E-state index contributed by atoms with van der Waals surface area (Å²) in [6, 6.07) is 9.86. The van der Waals surface area contributed by atoms with Gasteiger partial charge in [0.05, 0.1) is 12.8 Å². The quantitative estimate of drug-likeness (QED) is 0.726. The fraction of sp³-hybridized carbons (Fsp3) is 0.375. The van der Waals surface area contributed by atoms with Crippen LogP contribution in [0.25, 0.3) is 11.3 Å². The van der Waals surface area contributed by atoms with Crippen LogP contribution in [-0.4, -0.2) is 55.2 Å². The van der Waals surface area contributed by atoms with Gasteiger partial charge in [0, 0.05) is 37.9 Å². The minimum Gasteiger partial charge on any atom is -0.496 e. The van der Waals surface area contributed by atoms with Crippen LogP contribution >= 0.6 is 34.0 Å². The summed E-state index contributed by atoms with van der Waals surface area (Å²) in [5, 5.41) is 0. The number of rotatable bonds is 3. The number of halogens is 2. The number of aromatic nitrogens is 2. The fourth-order valence-corrected chi connectivity index (χ4v) is 2.51. The number of ether oxygens (including phenoxy) is 1. The molecular formula is C16H22Br2N4O. The predicted octanol–water partition coefficient (Wildman–Crippen LogP) is 3.06. The Morgan fingerprint density at radius 2 is 1.70 bits per heavy atom. The first kappa shape index (κ1) is 19.9. The molecule has 0 spiro atoms. The van der Waals surface area contributed by atoms with Gasteiger partial charge < -0.3 is 14.5 Å². The summed E-state index contributed by atoms with van der Waals surface area (Å²) < 4.78 is 5.42. The molecule has 1 saturated heterocycles. The molecule has 5 nitrogen and oxygen atoms in total. The van der Waals surface area contributed by atoms with Crippen LogP contribution in [0.4, 0.5) is 5.95 Å². The zero-order chi connectivity index (χ0) is 14.7. The SMILES string of the molecule is Br.Br.COc1ccccc1-c1ccnc(N2CCN(C)CC2)n1. The minimum absolute atomic E-state index is 0. The number of benzene rings is 1. The van der Waals surface area contributed by atoms with E-state index in [4.69, 9.17) is 9.72 Å². The fourth-order valence-electron chi connectivity index (χ4n) is 2.51. The molecule has 1 aromatic carbocycles. The Labute approximate surface area is 158 Å². The van der Waals surface area contributed by atoms with Gasteiger partial charge in [-0.25, -0.2) is 9.97 Å². The third kappa shape index (κ3) is 4.65.